The molecule has 0 aliphatic carbocycles. The summed E-state index contributed by atoms with van der Waals surface area (Å²) in [6.07, 6.45) is 0. The molecule has 112 valence electrons. The van der Waals surface area contributed by atoms with Crippen molar-refractivity contribution in [2.24, 2.45) is 0 Å². The fourth-order valence-electron chi connectivity index (χ4n) is 1.83. The van der Waals surface area contributed by atoms with Gasteiger partial charge in [0.05, 0.1) is 5.69 Å². The molecule has 2 aromatic rings. The molecular formula is C14H16N2O4S. The number of para-hydroxylation sites is 1. The first-order valence-electron chi connectivity index (χ1n) is 6.21. The summed E-state index contributed by atoms with van der Waals surface area (Å²) < 4.78 is 26.1. The number of sulfonamides is 1. The average molecular weight is 308 g/mol. The van der Waals surface area contributed by atoms with Crippen LogP contribution in [0.5, 0.6) is 11.5 Å². The predicted octanol–water partition coefficient (Wildman–Crippen LogP) is 1.62. The van der Waals surface area contributed by atoms with E-state index in [0.717, 1.165) is 0 Å². The second-order valence-electron chi connectivity index (χ2n) is 4.38. The highest BCUT2D eigenvalue weighted by atomic mass is 32.2. The van der Waals surface area contributed by atoms with Crippen LogP contribution in [0.2, 0.25) is 0 Å². The normalized spacial score (nSPS) is 11.3. The molecule has 0 heterocycles. The third-order valence-electron chi connectivity index (χ3n) is 2.97. The molecule has 6 nitrogen and oxygen atoms in total. The minimum Gasteiger partial charge on any atom is -0.504 e. The van der Waals surface area contributed by atoms with E-state index >= 15 is 0 Å². The molecule has 0 fully saturated rings. The molecule has 0 radical (unpaired) electrons. The number of hydrogen-bond donors (Lipinski definition) is 4. The molecule has 7 heteroatoms. The van der Waals surface area contributed by atoms with Crippen LogP contribution in [-0.4, -0.2) is 25.7 Å². The lowest BCUT2D eigenvalue weighted by molar-refractivity contribution is 0.403. The Kier molecular flexibility index (Phi) is 4.35. The number of aromatic hydroxyl groups is 2. The third-order valence-corrected chi connectivity index (χ3v) is 4.44. The minimum atomic E-state index is -3.55. The highest BCUT2D eigenvalue weighted by Crippen LogP contribution is 2.26. The molecule has 0 atom stereocenters. The van der Waals surface area contributed by atoms with Crippen LogP contribution >= 0.6 is 0 Å². The summed E-state index contributed by atoms with van der Waals surface area (Å²) in [5.41, 5.74) is 1.17. The minimum absolute atomic E-state index is 0.149. The summed E-state index contributed by atoms with van der Waals surface area (Å²) >= 11 is 0. The molecule has 0 saturated heterocycles. The Bertz CT molecular complexity index is 744. The van der Waals surface area contributed by atoms with E-state index in [1.165, 1.54) is 25.2 Å². The van der Waals surface area contributed by atoms with Gasteiger partial charge in [0.2, 0.25) is 10.0 Å². The van der Waals surface area contributed by atoms with Gasteiger partial charge in [-0.05, 0) is 36.9 Å². The number of phenols is 2. The van der Waals surface area contributed by atoms with Gasteiger partial charge in [-0.3, -0.25) is 0 Å². The molecule has 0 saturated carbocycles. The Morgan fingerprint density at radius 3 is 2.43 bits per heavy atom. The fourth-order valence-corrected chi connectivity index (χ4v) is 2.74. The summed E-state index contributed by atoms with van der Waals surface area (Å²) in [4.78, 5) is 0.149. The second-order valence-corrected chi connectivity index (χ2v) is 6.24. The number of benzene rings is 2. The molecule has 2 rings (SSSR count). The number of anilines is 1. The summed E-state index contributed by atoms with van der Waals surface area (Å²) in [7, 11) is -2.20. The van der Waals surface area contributed by atoms with Gasteiger partial charge in [-0.15, -0.1) is 0 Å². The molecule has 0 bridgehead atoms. The first-order valence-corrected chi connectivity index (χ1v) is 7.69. The van der Waals surface area contributed by atoms with Crippen molar-refractivity contribution >= 4 is 15.7 Å². The van der Waals surface area contributed by atoms with E-state index in [2.05, 4.69) is 10.0 Å². The Morgan fingerprint density at radius 1 is 1.05 bits per heavy atom. The highest BCUT2D eigenvalue weighted by Gasteiger charge is 2.15. The lowest BCUT2D eigenvalue weighted by atomic mass is 10.2. The van der Waals surface area contributed by atoms with Crippen LogP contribution < -0.4 is 10.0 Å². The van der Waals surface area contributed by atoms with Gasteiger partial charge in [-0.2, -0.15) is 0 Å². The lowest BCUT2D eigenvalue weighted by Crippen LogP contribution is -2.20. The topological polar surface area (TPSA) is 98.7 Å². The summed E-state index contributed by atoms with van der Waals surface area (Å²) in [6, 6.07) is 11.0. The van der Waals surface area contributed by atoms with E-state index in [1.54, 1.807) is 24.3 Å². The predicted molar refractivity (Wildman–Crippen MR) is 79.8 cm³/mol. The Labute approximate surface area is 123 Å². The summed E-state index contributed by atoms with van der Waals surface area (Å²) in [5.74, 6) is -0.414. The van der Waals surface area contributed by atoms with Gasteiger partial charge < -0.3 is 15.5 Å². The van der Waals surface area contributed by atoms with Crippen LogP contribution in [0.3, 0.4) is 0 Å². The molecule has 21 heavy (non-hydrogen) atoms. The molecule has 0 amide bonds. The van der Waals surface area contributed by atoms with Gasteiger partial charge >= 0.3 is 0 Å². The number of phenolic OH excluding ortho intramolecular Hbond substituents is 2. The van der Waals surface area contributed by atoms with Crippen molar-refractivity contribution in [1.82, 2.24) is 4.72 Å². The van der Waals surface area contributed by atoms with E-state index < -0.39 is 10.0 Å². The molecule has 2 aromatic carbocycles. The molecule has 0 aromatic heterocycles. The van der Waals surface area contributed by atoms with E-state index in [1.807, 2.05) is 0 Å². The maximum Gasteiger partial charge on any atom is 0.242 e. The lowest BCUT2D eigenvalue weighted by Gasteiger charge is -2.12. The van der Waals surface area contributed by atoms with Crippen LogP contribution in [0, 0.1) is 0 Å². The van der Waals surface area contributed by atoms with E-state index in [-0.39, 0.29) is 16.4 Å². The van der Waals surface area contributed by atoms with Crippen molar-refractivity contribution in [1.29, 1.82) is 0 Å². The van der Waals surface area contributed by atoms with Crippen LogP contribution in [0.15, 0.2) is 47.4 Å². The van der Waals surface area contributed by atoms with Gasteiger partial charge in [0.1, 0.15) is 4.90 Å². The van der Waals surface area contributed by atoms with E-state index in [9.17, 15) is 18.6 Å². The number of rotatable bonds is 5. The fraction of sp³-hybridized carbons (Fsp3) is 0.143. The standard InChI is InChI=1S/C14H16N2O4S/c1-15-21(19,20)14-5-3-2-4-11(14)16-9-10-6-7-12(17)13(18)8-10/h2-8,15-18H,9H2,1H3. The van der Waals surface area contributed by atoms with Crippen molar-refractivity contribution < 1.29 is 18.6 Å². The molecule has 4 N–H and O–H groups in total. The largest absolute Gasteiger partial charge is 0.504 e. The van der Waals surface area contributed by atoms with Crippen LogP contribution in [0.4, 0.5) is 5.69 Å². The van der Waals surface area contributed by atoms with Gasteiger partial charge in [0.15, 0.2) is 11.5 Å². The Morgan fingerprint density at radius 2 is 1.76 bits per heavy atom. The van der Waals surface area contributed by atoms with Crippen LogP contribution in [0.25, 0.3) is 0 Å². The van der Waals surface area contributed by atoms with Gasteiger partial charge in [-0.1, -0.05) is 18.2 Å². The van der Waals surface area contributed by atoms with Crippen LogP contribution in [-0.2, 0) is 16.6 Å². The highest BCUT2D eigenvalue weighted by molar-refractivity contribution is 7.89. The maximum atomic E-state index is 11.9. The Hall–Kier alpha value is -2.25. The van der Waals surface area contributed by atoms with Crippen molar-refractivity contribution in [3.05, 3.63) is 48.0 Å². The number of hydrogen-bond acceptors (Lipinski definition) is 5. The summed E-state index contributed by atoms with van der Waals surface area (Å²) in [5, 5.41) is 21.7. The van der Waals surface area contributed by atoms with E-state index in [0.29, 0.717) is 17.8 Å². The molecule has 0 spiro atoms. The Balaban J connectivity index is 2.23. The second kappa shape index (κ2) is 6.02. The van der Waals surface area contributed by atoms with Crippen molar-refractivity contribution in [2.75, 3.05) is 12.4 Å². The van der Waals surface area contributed by atoms with E-state index in [4.69, 9.17) is 0 Å². The first kappa shape index (κ1) is 15.1. The zero-order chi connectivity index (χ0) is 15.5. The zero-order valence-electron chi connectivity index (χ0n) is 11.4. The smallest absolute Gasteiger partial charge is 0.242 e. The van der Waals surface area contributed by atoms with Crippen molar-refractivity contribution in [3.63, 3.8) is 0 Å². The monoisotopic (exact) mass is 308 g/mol. The summed E-state index contributed by atoms with van der Waals surface area (Å²) in [6.45, 7) is 0.310. The average Bonchev–Trinajstić information content (AvgIpc) is 2.49. The third kappa shape index (κ3) is 3.45. The molecule has 0 aliphatic heterocycles. The SMILES string of the molecule is CNS(=O)(=O)c1ccccc1NCc1ccc(O)c(O)c1. The molecule has 0 aliphatic rings. The van der Waals surface area contributed by atoms with Crippen LogP contribution in [0.1, 0.15) is 5.56 Å². The first-order chi connectivity index (χ1) is 9.94. The zero-order valence-corrected chi connectivity index (χ0v) is 12.2. The van der Waals surface area contributed by atoms with Crippen molar-refractivity contribution in [2.45, 2.75) is 11.4 Å². The van der Waals surface area contributed by atoms with Gasteiger partial charge in [0, 0.05) is 6.54 Å². The van der Waals surface area contributed by atoms with Crippen molar-refractivity contribution in [3.8, 4) is 11.5 Å². The molecular weight excluding hydrogens is 292 g/mol. The quantitative estimate of drug-likeness (QED) is 0.629. The maximum absolute atomic E-state index is 11.9. The number of nitrogens with one attached hydrogen (secondary N) is 2. The van der Waals surface area contributed by atoms with Gasteiger partial charge in [-0.25, -0.2) is 13.1 Å². The van der Waals surface area contributed by atoms with Gasteiger partial charge in [0.25, 0.3) is 0 Å². The molecule has 0 unspecified atom stereocenters.